The maximum absolute atomic E-state index is 11.0. The lowest BCUT2D eigenvalue weighted by Gasteiger charge is -2.18. The molecule has 0 saturated heterocycles. The Kier molecular flexibility index (Phi) is 3.09. The smallest absolute Gasteiger partial charge is 0.367 e. The molecule has 0 fully saturated rings. The molecule has 8 nitrogen and oxygen atoms in total. The standard InChI is InChI=1S/C10H12N6O2/c1-3-5-15(6-4-2)8-12-7(11)16-9(13-8)14-10(17)18-16/h3-4H,1-2,5-6H2,(H2,11,12,13,14,17). The van der Waals surface area contributed by atoms with E-state index in [1.807, 2.05) is 0 Å². The van der Waals surface area contributed by atoms with Crippen molar-refractivity contribution in [2.45, 2.75) is 0 Å². The van der Waals surface area contributed by atoms with E-state index in [-0.39, 0.29) is 11.7 Å². The molecule has 18 heavy (non-hydrogen) atoms. The Labute approximate surface area is 102 Å². The fraction of sp³-hybridized carbons (Fsp3) is 0.200. The molecule has 2 aromatic heterocycles. The molecule has 2 N–H and O–H groups in total. The average molecular weight is 248 g/mol. The van der Waals surface area contributed by atoms with E-state index in [2.05, 4.69) is 28.1 Å². The summed E-state index contributed by atoms with van der Waals surface area (Å²) < 4.78 is 5.67. The van der Waals surface area contributed by atoms with Gasteiger partial charge in [0.15, 0.2) is 0 Å². The van der Waals surface area contributed by atoms with E-state index in [1.54, 1.807) is 17.1 Å². The molecular formula is C10H12N6O2. The van der Waals surface area contributed by atoms with Gasteiger partial charge in [-0.05, 0) is 0 Å². The van der Waals surface area contributed by atoms with Gasteiger partial charge in [-0.15, -0.1) is 18.1 Å². The van der Waals surface area contributed by atoms with Gasteiger partial charge in [-0.3, -0.25) is 0 Å². The van der Waals surface area contributed by atoms with Crippen LogP contribution in [0.4, 0.5) is 11.9 Å². The first kappa shape index (κ1) is 11.8. The number of rotatable bonds is 5. The number of fused-ring (bicyclic) bond motifs is 1. The molecule has 2 aromatic rings. The number of aromatic nitrogens is 4. The molecule has 0 radical (unpaired) electrons. The van der Waals surface area contributed by atoms with Crippen molar-refractivity contribution in [2.24, 2.45) is 0 Å². The van der Waals surface area contributed by atoms with Gasteiger partial charge in [-0.1, -0.05) is 16.7 Å². The van der Waals surface area contributed by atoms with Gasteiger partial charge in [0.05, 0.1) is 0 Å². The van der Waals surface area contributed by atoms with E-state index in [4.69, 9.17) is 10.3 Å². The highest BCUT2D eigenvalue weighted by molar-refractivity contribution is 5.44. The molecule has 0 aliphatic carbocycles. The van der Waals surface area contributed by atoms with Crippen molar-refractivity contribution < 1.29 is 4.52 Å². The summed E-state index contributed by atoms with van der Waals surface area (Å²) in [5.74, 6) is -0.365. The van der Waals surface area contributed by atoms with Gasteiger partial charge in [0.25, 0.3) is 5.78 Å². The lowest BCUT2D eigenvalue weighted by atomic mass is 10.5. The van der Waals surface area contributed by atoms with Gasteiger partial charge in [0.2, 0.25) is 11.9 Å². The van der Waals surface area contributed by atoms with E-state index in [0.29, 0.717) is 19.0 Å². The molecule has 0 aliphatic rings. The fourth-order valence-corrected chi connectivity index (χ4v) is 1.44. The SMILES string of the molecule is C=CCN(CC=C)c1nc(N)n2oc(=O)nc2n1. The molecule has 0 spiro atoms. The third-order valence-electron chi connectivity index (χ3n) is 2.15. The maximum Gasteiger partial charge on any atom is 0.462 e. The zero-order valence-corrected chi connectivity index (χ0v) is 9.61. The third-order valence-corrected chi connectivity index (χ3v) is 2.15. The Morgan fingerprint density at radius 2 is 1.94 bits per heavy atom. The van der Waals surface area contributed by atoms with Crippen molar-refractivity contribution in [2.75, 3.05) is 23.7 Å². The van der Waals surface area contributed by atoms with E-state index in [1.165, 1.54) is 0 Å². The average Bonchev–Trinajstić information content (AvgIpc) is 2.70. The van der Waals surface area contributed by atoms with Gasteiger partial charge < -0.3 is 15.2 Å². The highest BCUT2D eigenvalue weighted by Gasteiger charge is 2.13. The van der Waals surface area contributed by atoms with Gasteiger partial charge >= 0.3 is 5.76 Å². The lowest BCUT2D eigenvalue weighted by molar-refractivity contribution is 0.345. The minimum atomic E-state index is -0.771. The van der Waals surface area contributed by atoms with Gasteiger partial charge in [0, 0.05) is 13.1 Å². The summed E-state index contributed by atoms with van der Waals surface area (Å²) in [5, 5.41) is 0. The monoisotopic (exact) mass is 248 g/mol. The van der Waals surface area contributed by atoms with Gasteiger partial charge in [-0.25, -0.2) is 4.79 Å². The molecule has 0 atom stereocenters. The van der Waals surface area contributed by atoms with Crippen molar-refractivity contribution in [3.63, 3.8) is 0 Å². The first-order valence-corrected chi connectivity index (χ1v) is 5.16. The van der Waals surface area contributed by atoms with Crippen LogP contribution in [0.3, 0.4) is 0 Å². The summed E-state index contributed by atoms with van der Waals surface area (Å²) in [5.41, 5.74) is 5.66. The molecular weight excluding hydrogens is 236 g/mol. The summed E-state index contributed by atoms with van der Waals surface area (Å²) >= 11 is 0. The second-order valence-corrected chi connectivity index (χ2v) is 3.43. The molecule has 8 heteroatoms. The second kappa shape index (κ2) is 4.70. The molecule has 94 valence electrons. The van der Waals surface area contributed by atoms with Crippen LogP contribution in [-0.2, 0) is 0 Å². The predicted octanol–water partition coefficient (Wildman–Crippen LogP) is -0.162. The van der Waals surface area contributed by atoms with Crippen molar-refractivity contribution in [1.82, 2.24) is 19.5 Å². The summed E-state index contributed by atoms with van der Waals surface area (Å²) in [6, 6.07) is 0. The van der Waals surface area contributed by atoms with Crippen LogP contribution < -0.4 is 16.4 Å². The first-order valence-electron chi connectivity index (χ1n) is 5.16. The predicted molar refractivity (Wildman–Crippen MR) is 66.3 cm³/mol. The number of anilines is 2. The summed E-state index contributed by atoms with van der Waals surface area (Å²) in [6.45, 7) is 8.33. The van der Waals surface area contributed by atoms with Crippen LogP contribution in [0.15, 0.2) is 34.6 Å². The Balaban J connectivity index is 2.52. The minimum Gasteiger partial charge on any atom is -0.367 e. The van der Waals surface area contributed by atoms with Crippen LogP contribution in [-0.4, -0.2) is 32.6 Å². The Morgan fingerprint density at radius 1 is 1.28 bits per heavy atom. The number of hydrogen-bond donors (Lipinski definition) is 1. The third kappa shape index (κ3) is 2.08. The Morgan fingerprint density at radius 3 is 2.56 bits per heavy atom. The molecule has 0 amide bonds. The largest absolute Gasteiger partial charge is 0.462 e. The maximum atomic E-state index is 11.0. The molecule has 2 heterocycles. The van der Waals surface area contributed by atoms with Crippen LogP contribution in [0.2, 0.25) is 0 Å². The summed E-state index contributed by atoms with van der Waals surface area (Å²) in [7, 11) is 0. The number of nitrogen functional groups attached to an aromatic ring is 1. The normalized spacial score (nSPS) is 10.4. The number of hydrogen-bond acceptors (Lipinski definition) is 7. The molecule has 0 aromatic carbocycles. The summed E-state index contributed by atoms with van der Waals surface area (Å²) in [6.07, 6.45) is 3.39. The van der Waals surface area contributed by atoms with Crippen LogP contribution in [0.25, 0.3) is 5.78 Å². The fourth-order valence-electron chi connectivity index (χ4n) is 1.44. The van der Waals surface area contributed by atoms with Crippen LogP contribution in [0.1, 0.15) is 0 Å². The number of nitrogens with two attached hydrogens (primary N) is 1. The van der Waals surface area contributed by atoms with Gasteiger partial charge in [0.1, 0.15) is 0 Å². The minimum absolute atomic E-state index is 0.00252. The van der Waals surface area contributed by atoms with Crippen LogP contribution in [0, 0.1) is 0 Å². The quantitative estimate of drug-likeness (QED) is 0.733. The van der Waals surface area contributed by atoms with Crippen molar-refractivity contribution in [1.29, 1.82) is 0 Å². The van der Waals surface area contributed by atoms with E-state index < -0.39 is 5.76 Å². The van der Waals surface area contributed by atoms with E-state index in [0.717, 1.165) is 4.57 Å². The molecule has 0 unspecified atom stereocenters. The van der Waals surface area contributed by atoms with E-state index in [9.17, 15) is 4.79 Å². The Hall–Kier alpha value is -2.64. The topological polar surface area (TPSA) is 103 Å². The van der Waals surface area contributed by atoms with Gasteiger partial charge in [-0.2, -0.15) is 9.97 Å². The lowest BCUT2D eigenvalue weighted by Crippen LogP contribution is -2.26. The van der Waals surface area contributed by atoms with Crippen LogP contribution in [0.5, 0.6) is 0 Å². The zero-order valence-electron chi connectivity index (χ0n) is 9.61. The zero-order chi connectivity index (χ0) is 13.1. The van der Waals surface area contributed by atoms with E-state index >= 15 is 0 Å². The highest BCUT2D eigenvalue weighted by atomic mass is 16.5. The molecule has 0 saturated carbocycles. The van der Waals surface area contributed by atoms with Crippen molar-refractivity contribution >= 4 is 17.7 Å². The molecule has 2 rings (SSSR count). The van der Waals surface area contributed by atoms with Crippen molar-refractivity contribution in [3.8, 4) is 0 Å². The molecule has 0 bridgehead atoms. The highest BCUT2D eigenvalue weighted by Crippen LogP contribution is 2.11. The first-order chi connectivity index (χ1) is 8.65. The summed E-state index contributed by atoms with van der Waals surface area (Å²) in [4.78, 5) is 24.5. The Bertz CT molecular complexity index is 633. The number of nitrogens with zero attached hydrogens (tertiary/aromatic N) is 5. The molecule has 0 aliphatic heterocycles. The van der Waals surface area contributed by atoms with Crippen LogP contribution >= 0.6 is 0 Å². The second-order valence-electron chi connectivity index (χ2n) is 3.43. The van der Waals surface area contributed by atoms with Crippen molar-refractivity contribution in [3.05, 3.63) is 35.9 Å².